The van der Waals surface area contributed by atoms with Gasteiger partial charge in [-0.15, -0.1) is 0 Å². The number of oxazole rings is 1. The summed E-state index contributed by atoms with van der Waals surface area (Å²) in [5.41, 5.74) is 2.92. The molecule has 116 valence electrons. The Morgan fingerprint density at radius 2 is 1.61 bits per heavy atom. The fourth-order valence-electron chi connectivity index (χ4n) is 2.17. The van der Waals surface area contributed by atoms with Crippen molar-refractivity contribution in [3.8, 4) is 28.5 Å². The van der Waals surface area contributed by atoms with E-state index in [-0.39, 0.29) is 5.97 Å². The van der Waals surface area contributed by atoms with Crippen LogP contribution in [0, 0.1) is 0 Å². The highest BCUT2D eigenvalue weighted by Gasteiger charge is 2.10. The minimum Gasteiger partial charge on any atom is -0.497 e. The molecular formula is C18H15NO4. The number of methoxy groups -OCH3 is 2. The molecule has 0 unspecified atom stereocenters. The summed E-state index contributed by atoms with van der Waals surface area (Å²) in [6, 6.07) is 14.5. The number of hydrogen-bond donors (Lipinski definition) is 0. The van der Waals surface area contributed by atoms with E-state index in [1.54, 1.807) is 25.5 Å². The molecule has 0 amide bonds. The fraction of sp³-hybridized carbons (Fsp3) is 0.111. The summed E-state index contributed by atoms with van der Waals surface area (Å²) in [6.07, 6.45) is 1.59. The Bertz CT molecular complexity index is 804. The lowest BCUT2D eigenvalue weighted by Gasteiger charge is -2.00. The van der Waals surface area contributed by atoms with Gasteiger partial charge in [-0.2, -0.15) is 0 Å². The zero-order valence-electron chi connectivity index (χ0n) is 12.8. The van der Waals surface area contributed by atoms with Crippen LogP contribution in [0.25, 0.3) is 22.7 Å². The monoisotopic (exact) mass is 309 g/mol. The van der Waals surface area contributed by atoms with Gasteiger partial charge in [-0.25, -0.2) is 9.78 Å². The van der Waals surface area contributed by atoms with Crippen molar-refractivity contribution in [3.63, 3.8) is 0 Å². The molecule has 0 fully saturated rings. The van der Waals surface area contributed by atoms with Crippen molar-refractivity contribution in [3.05, 3.63) is 60.4 Å². The van der Waals surface area contributed by atoms with Gasteiger partial charge in [0.25, 0.3) is 0 Å². The number of esters is 1. The maximum absolute atomic E-state index is 11.4. The van der Waals surface area contributed by atoms with Crippen LogP contribution in [-0.4, -0.2) is 25.2 Å². The highest BCUT2D eigenvalue weighted by atomic mass is 16.5. The SMILES string of the molecule is COC(=O)c1ccc(-c2coc(-c3ccc(OC)cc3)n2)cc1. The Morgan fingerprint density at radius 3 is 2.22 bits per heavy atom. The van der Waals surface area contributed by atoms with Crippen molar-refractivity contribution in [2.24, 2.45) is 0 Å². The van der Waals surface area contributed by atoms with Gasteiger partial charge in [0, 0.05) is 11.1 Å². The Morgan fingerprint density at radius 1 is 0.957 bits per heavy atom. The van der Waals surface area contributed by atoms with Crippen LogP contribution in [-0.2, 0) is 4.74 Å². The van der Waals surface area contributed by atoms with Crippen LogP contribution >= 0.6 is 0 Å². The van der Waals surface area contributed by atoms with Gasteiger partial charge in [0.15, 0.2) is 0 Å². The van der Waals surface area contributed by atoms with E-state index < -0.39 is 0 Å². The van der Waals surface area contributed by atoms with Gasteiger partial charge in [0.2, 0.25) is 5.89 Å². The van der Waals surface area contributed by atoms with Gasteiger partial charge in [0.05, 0.1) is 19.8 Å². The van der Waals surface area contributed by atoms with Gasteiger partial charge < -0.3 is 13.9 Å². The van der Waals surface area contributed by atoms with Crippen molar-refractivity contribution in [1.29, 1.82) is 0 Å². The standard InChI is InChI=1S/C18H15NO4/c1-21-15-9-7-13(8-10-15)17-19-16(11-23-17)12-3-5-14(6-4-12)18(20)22-2/h3-11H,1-2H3. The van der Waals surface area contributed by atoms with Crippen LogP contribution in [0.1, 0.15) is 10.4 Å². The van der Waals surface area contributed by atoms with E-state index in [4.69, 9.17) is 9.15 Å². The van der Waals surface area contributed by atoms with Crippen LogP contribution in [0.4, 0.5) is 0 Å². The summed E-state index contributed by atoms with van der Waals surface area (Å²) in [5, 5.41) is 0. The first-order valence-corrected chi connectivity index (χ1v) is 7.00. The van der Waals surface area contributed by atoms with Gasteiger partial charge >= 0.3 is 5.97 Å². The molecule has 0 saturated carbocycles. The van der Waals surface area contributed by atoms with Gasteiger partial charge in [-0.1, -0.05) is 12.1 Å². The average molecular weight is 309 g/mol. The molecule has 0 aliphatic heterocycles. The lowest BCUT2D eigenvalue weighted by atomic mass is 10.1. The summed E-state index contributed by atoms with van der Waals surface area (Å²) in [7, 11) is 2.98. The maximum Gasteiger partial charge on any atom is 0.337 e. The van der Waals surface area contributed by atoms with Crippen molar-refractivity contribution >= 4 is 5.97 Å². The lowest BCUT2D eigenvalue weighted by molar-refractivity contribution is 0.0601. The number of carbonyl (C=O) groups excluding carboxylic acids is 1. The molecule has 3 rings (SSSR count). The van der Waals surface area contributed by atoms with E-state index in [0.29, 0.717) is 17.1 Å². The van der Waals surface area contributed by atoms with E-state index in [9.17, 15) is 4.79 Å². The largest absolute Gasteiger partial charge is 0.497 e. The third kappa shape index (κ3) is 3.08. The Hall–Kier alpha value is -3.08. The first kappa shape index (κ1) is 14.8. The van der Waals surface area contributed by atoms with Crippen molar-refractivity contribution in [1.82, 2.24) is 4.98 Å². The summed E-state index contributed by atoms with van der Waals surface area (Å²) in [4.78, 5) is 15.9. The molecular weight excluding hydrogens is 294 g/mol. The number of carbonyl (C=O) groups is 1. The molecule has 23 heavy (non-hydrogen) atoms. The van der Waals surface area contributed by atoms with Crippen LogP contribution in [0.15, 0.2) is 59.2 Å². The molecule has 0 aliphatic rings. The predicted octanol–water partition coefficient (Wildman–Crippen LogP) is 3.80. The topological polar surface area (TPSA) is 61.6 Å². The molecule has 0 atom stereocenters. The molecule has 5 nitrogen and oxygen atoms in total. The lowest BCUT2D eigenvalue weighted by Crippen LogP contribution is -2.00. The molecule has 2 aromatic carbocycles. The van der Waals surface area contributed by atoms with Crippen molar-refractivity contribution in [2.45, 2.75) is 0 Å². The second kappa shape index (κ2) is 6.36. The normalized spacial score (nSPS) is 10.3. The van der Waals surface area contributed by atoms with Crippen LogP contribution in [0.5, 0.6) is 5.75 Å². The van der Waals surface area contributed by atoms with E-state index in [2.05, 4.69) is 9.72 Å². The average Bonchev–Trinajstić information content (AvgIpc) is 3.11. The van der Waals surface area contributed by atoms with E-state index in [0.717, 1.165) is 16.9 Å². The van der Waals surface area contributed by atoms with Crippen molar-refractivity contribution < 1.29 is 18.7 Å². The fourth-order valence-corrected chi connectivity index (χ4v) is 2.17. The number of benzene rings is 2. The first-order valence-electron chi connectivity index (χ1n) is 7.00. The zero-order valence-corrected chi connectivity index (χ0v) is 12.8. The summed E-state index contributed by atoms with van der Waals surface area (Å²) in [6.45, 7) is 0. The predicted molar refractivity (Wildman–Crippen MR) is 85.3 cm³/mol. The van der Waals surface area contributed by atoms with Crippen LogP contribution in [0.3, 0.4) is 0 Å². The molecule has 0 spiro atoms. The third-order valence-corrected chi connectivity index (χ3v) is 3.44. The second-order valence-corrected chi connectivity index (χ2v) is 4.84. The minimum absolute atomic E-state index is 0.365. The summed E-state index contributed by atoms with van der Waals surface area (Å²) in [5.74, 6) is 0.939. The van der Waals surface area contributed by atoms with E-state index in [1.165, 1.54) is 7.11 Å². The Kier molecular flexibility index (Phi) is 4.10. The molecule has 0 radical (unpaired) electrons. The summed E-state index contributed by atoms with van der Waals surface area (Å²) >= 11 is 0. The molecule has 5 heteroatoms. The van der Waals surface area contributed by atoms with Gasteiger partial charge in [-0.3, -0.25) is 0 Å². The number of ether oxygens (including phenoxy) is 2. The van der Waals surface area contributed by atoms with Crippen molar-refractivity contribution in [2.75, 3.05) is 14.2 Å². The van der Waals surface area contributed by atoms with Crippen LogP contribution in [0.2, 0.25) is 0 Å². The molecule has 0 aliphatic carbocycles. The quantitative estimate of drug-likeness (QED) is 0.686. The second-order valence-electron chi connectivity index (χ2n) is 4.84. The smallest absolute Gasteiger partial charge is 0.337 e. The summed E-state index contributed by atoms with van der Waals surface area (Å²) < 4.78 is 15.3. The molecule has 0 N–H and O–H groups in total. The van der Waals surface area contributed by atoms with E-state index >= 15 is 0 Å². The third-order valence-electron chi connectivity index (χ3n) is 3.44. The molecule has 0 bridgehead atoms. The highest BCUT2D eigenvalue weighted by Crippen LogP contribution is 2.26. The molecule has 1 heterocycles. The first-order chi connectivity index (χ1) is 11.2. The van der Waals surface area contributed by atoms with Gasteiger partial charge in [0.1, 0.15) is 17.7 Å². The molecule has 0 saturated heterocycles. The Labute approximate surface area is 133 Å². The number of hydrogen-bond acceptors (Lipinski definition) is 5. The number of rotatable bonds is 4. The van der Waals surface area contributed by atoms with Crippen LogP contribution < -0.4 is 4.74 Å². The van der Waals surface area contributed by atoms with Gasteiger partial charge in [-0.05, 0) is 36.4 Å². The number of aromatic nitrogens is 1. The minimum atomic E-state index is -0.365. The molecule has 3 aromatic rings. The molecule has 1 aromatic heterocycles. The van der Waals surface area contributed by atoms with E-state index in [1.807, 2.05) is 36.4 Å². The highest BCUT2D eigenvalue weighted by molar-refractivity contribution is 5.89. The number of nitrogens with zero attached hydrogens (tertiary/aromatic N) is 1. The Balaban J connectivity index is 1.84. The zero-order chi connectivity index (χ0) is 16.2. The maximum atomic E-state index is 11.4.